The first-order chi connectivity index (χ1) is 11.8. The predicted molar refractivity (Wildman–Crippen MR) is 96.7 cm³/mol. The number of fused-ring (bicyclic) bond motifs is 1. The maximum absolute atomic E-state index is 12.8. The van der Waals surface area contributed by atoms with Crippen LogP contribution in [0.4, 0.5) is 5.69 Å². The fourth-order valence-electron chi connectivity index (χ4n) is 2.80. The molecule has 3 aromatic heterocycles. The van der Waals surface area contributed by atoms with Crippen molar-refractivity contribution in [3.8, 4) is 0 Å². The van der Waals surface area contributed by atoms with E-state index in [1.54, 1.807) is 16.9 Å². The topological polar surface area (TPSA) is 80.9 Å². The third-order valence-corrected chi connectivity index (χ3v) is 4.01. The van der Waals surface area contributed by atoms with Crippen molar-refractivity contribution in [2.24, 2.45) is 7.05 Å². The number of pyridine rings is 1. The Bertz CT molecular complexity index is 923. The van der Waals surface area contributed by atoms with Crippen LogP contribution >= 0.6 is 0 Å². The van der Waals surface area contributed by atoms with E-state index in [0.717, 1.165) is 29.9 Å². The van der Waals surface area contributed by atoms with Gasteiger partial charge in [0.05, 0.1) is 35.1 Å². The molecule has 0 aliphatic heterocycles. The first-order valence-electron chi connectivity index (χ1n) is 8.14. The second kappa shape index (κ2) is 6.64. The van der Waals surface area contributed by atoms with E-state index < -0.39 is 0 Å². The van der Waals surface area contributed by atoms with Crippen LogP contribution < -0.4 is 5.32 Å². The minimum Gasteiger partial charge on any atom is -0.319 e. The van der Waals surface area contributed by atoms with Crippen molar-refractivity contribution in [2.45, 2.75) is 20.4 Å². The lowest BCUT2D eigenvalue weighted by atomic mass is 10.1. The van der Waals surface area contributed by atoms with E-state index in [1.165, 1.54) is 0 Å². The van der Waals surface area contributed by atoms with E-state index in [4.69, 9.17) is 0 Å². The van der Waals surface area contributed by atoms with E-state index in [1.807, 2.05) is 45.9 Å². The summed E-state index contributed by atoms with van der Waals surface area (Å²) in [4.78, 5) is 19.4. The first kappa shape index (κ1) is 17.1. The van der Waals surface area contributed by atoms with Gasteiger partial charge in [-0.15, -0.1) is 0 Å². The van der Waals surface area contributed by atoms with Crippen molar-refractivity contribution in [1.82, 2.24) is 29.4 Å². The number of aromatic nitrogens is 5. The standard InChI is InChI=1S/C17H23N7O/c1-11-8-14(15-12(2)21-23(5)16(15)19-11)17(25)20-13-9-18-24(10-13)7-6-22(3)4/h8-10H,6-7H2,1-5H3,(H,20,25). The molecule has 3 heterocycles. The SMILES string of the molecule is Cc1cc(C(=O)Nc2cnn(CCN(C)C)c2)c2c(C)nn(C)c2n1. The van der Waals surface area contributed by atoms with Crippen LogP contribution in [-0.2, 0) is 13.6 Å². The Kier molecular flexibility index (Phi) is 4.54. The highest BCUT2D eigenvalue weighted by Crippen LogP contribution is 2.22. The first-order valence-corrected chi connectivity index (χ1v) is 8.14. The Hall–Kier alpha value is -2.74. The maximum atomic E-state index is 12.8. The molecule has 0 atom stereocenters. The largest absolute Gasteiger partial charge is 0.319 e. The normalized spacial score (nSPS) is 11.4. The second-order valence-corrected chi connectivity index (χ2v) is 6.47. The number of carbonyl (C=O) groups is 1. The number of likely N-dealkylation sites (N-methyl/N-ethyl adjacent to an activating group) is 1. The van der Waals surface area contributed by atoms with Gasteiger partial charge in [0.1, 0.15) is 0 Å². The molecular weight excluding hydrogens is 318 g/mol. The number of amides is 1. The highest BCUT2D eigenvalue weighted by molar-refractivity contribution is 6.12. The molecule has 0 unspecified atom stereocenters. The fraction of sp³-hybridized carbons (Fsp3) is 0.412. The molecule has 8 nitrogen and oxygen atoms in total. The van der Waals surface area contributed by atoms with Crippen LogP contribution in [0.2, 0.25) is 0 Å². The van der Waals surface area contributed by atoms with E-state index >= 15 is 0 Å². The van der Waals surface area contributed by atoms with Crippen molar-refractivity contribution in [2.75, 3.05) is 26.0 Å². The predicted octanol–water partition coefficient (Wildman–Crippen LogP) is 1.60. The number of hydrogen-bond donors (Lipinski definition) is 1. The third kappa shape index (κ3) is 3.53. The van der Waals surface area contributed by atoms with Gasteiger partial charge < -0.3 is 10.2 Å². The van der Waals surface area contributed by atoms with Crippen LogP contribution in [0.3, 0.4) is 0 Å². The zero-order valence-electron chi connectivity index (χ0n) is 15.2. The summed E-state index contributed by atoms with van der Waals surface area (Å²) in [6.07, 6.45) is 3.50. The summed E-state index contributed by atoms with van der Waals surface area (Å²) in [5.41, 5.74) is 3.53. The summed E-state index contributed by atoms with van der Waals surface area (Å²) >= 11 is 0. The highest BCUT2D eigenvalue weighted by atomic mass is 16.1. The smallest absolute Gasteiger partial charge is 0.256 e. The zero-order valence-corrected chi connectivity index (χ0v) is 15.2. The monoisotopic (exact) mass is 341 g/mol. The lowest BCUT2D eigenvalue weighted by Gasteiger charge is -2.08. The quantitative estimate of drug-likeness (QED) is 0.762. The highest BCUT2D eigenvalue weighted by Gasteiger charge is 2.18. The lowest BCUT2D eigenvalue weighted by molar-refractivity contribution is 0.102. The molecule has 0 aliphatic carbocycles. The summed E-state index contributed by atoms with van der Waals surface area (Å²) in [5.74, 6) is -0.182. The molecule has 0 fully saturated rings. The Morgan fingerprint density at radius 1 is 1.32 bits per heavy atom. The van der Waals surface area contributed by atoms with Gasteiger partial charge in [-0.25, -0.2) is 4.98 Å². The van der Waals surface area contributed by atoms with Crippen LogP contribution in [-0.4, -0.2) is 56.0 Å². The molecule has 3 rings (SSSR count). The van der Waals surface area contributed by atoms with Crippen molar-refractivity contribution >= 4 is 22.6 Å². The van der Waals surface area contributed by atoms with Crippen LogP contribution in [0.25, 0.3) is 11.0 Å². The summed E-state index contributed by atoms with van der Waals surface area (Å²) in [5, 5.41) is 12.4. The summed E-state index contributed by atoms with van der Waals surface area (Å²) < 4.78 is 3.52. The minimum absolute atomic E-state index is 0.182. The van der Waals surface area contributed by atoms with E-state index in [2.05, 4.69) is 25.4 Å². The Balaban J connectivity index is 1.86. The number of nitrogens with one attached hydrogen (secondary N) is 1. The Morgan fingerprint density at radius 3 is 2.80 bits per heavy atom. The molecule has 0 radical (unpaired) electrons. The van der Waals surface area contributed by atoms with Gasteiger partial charge in [0.15, 0.2) is 5.65 Å². The summed E-state index contributed by atoms with van der Waals surface area (Å²) in [7, 11) is 5.86. The summed E-state index contributed by atoms with van der Waals surface area (Å²) in [6.45, 7) is 5.41. The number of rotatable bonds is 5. The fourth-order valence-corrected chi connectivity index (χ4v) is 2.80. The molecule has 8 heteroatoms. The molecule has 1 N–H and O–H groups in total. The van der Waals surface area contributed by atoms with Crippen molar-refractivity contribution < 1.29 is 4.79 Å². The number of nitrogens with zero attached hydrogens (tertiary/aromatic N) is 6. The molecule has 0 aromatic carbocycles. The van der Waals surface area contributed by atoms with Gasteiger partial charge in [-0.3, -0.25) is 14.2 Å². The maximum Gasteiger partial charge on any atom is 0.256 e. The average molecular weight is 341 g/mol. The van der Waals surface area contributed by atoms with Crippen molar-refractivity contribution in [3.63, 3.8) is 0 Å². The van der Waals surface area contributed by atoms with Crippen LogP contribution in [0.1, 0.15) is 21.7 Å². The minimum atomic E-state index is -0.182. The third-order valence-electron chi connectivity index (χ3n) is 4.01. The Labute approximate surface area is 146 Å². The van der Waals surface area contributed by atoms with Crippen LogP contribution in [0, 0.1) is 13.8 Å². The number of carbonyl (C=O) groups excluding carboxylic acids is 1. The van der Waals surface area contributed by atoms with Gasteiger partial charge in [-0.2, -0.15) is 10.2 Å². The van der Waals surface area contributed by atoms with Gasteiger partial charge in [0.25, 0.3) is 5.91 Å². The van der Waals surface area contributed by atoms with E-state index in [0.29, 0.717) is 16.9 Å². The van der Waals surface area contributed by atoms with Gasteiger partial charge in [0, 0.05) is 25.5 Å². The van der Waals surface area contributed by atoms with E-state index in [9.17, 15) is 4.79 Å². The molecule has 1 amide bonds. The molecule has 0 saturated carbocycles. The molecule has 0 bridgehead atoms. The van der Waals surface area contributed by atoms with Gasteiger partial charge in [-0.05, 0) is 34.0 Å². The van der Waals surface area contributed by atoms with E-state index in [-0.39, 0.29) is 5.91 Å². The zero-order chi connectivity index (χ0) is 18.1. The number of anilines is 1. The molecule has 0 saturated heterocycles. The lowest BCUT2D eigenvalue weighted by Crippen LogP contribution is -2.18. The van der Waals surface area contributed by atoms with Crippen LogP contribution in [0.5, 0.6) is 0 Å². The molecule has 3 aromatic rings. The Morgan fingerprint density at radius 2 is 2.08 bits per heavy atom. The molecule has 25 heavy (non-hydrogen) atoms. The van der Waals surface area contributed by atoms with Crippen molar-refractivity contribution in [3.05, 3.63) is 35.4 Å². The molecule has 132 valence electrons. The number of aryl methyl sites for hydroxylation is 3. The van der Waals surface area contributed by atoms with Gasteiger partial charge in [-0.1, -0.05) is 0 Å². The van der Waals surface area contributed by atoms with Crippen LogP contribution in [0.15, 0.2) is 18.5 Å². The van der Waals surface area contributed by atoms with Crippen molar-refractivity contribution in [1.29, 1.82) is 0 Å². The molecule has 0 aliphatic rings. The van der Waals surface area contributed by atoms with Gasteiger partial charge >= 0.3 is 0 Å². The summed E-state index contributed by atoms with van der Waals surface area (Å²) in [6, 6.07) is 1.79. The van der Waals surface area contributed by atoms with Gasteiger partial charge in [0.2, 0.25) is 0 Å². The molecule has 0 spiro atoms. The molecular formula is C17H23N7O. The number of hydrogen-bond acceptors (Lipinski definition) is 5. The second-order valence-electron chi connectivity index (χ2n) is 6.47. The average Bonchev–Trinajstić information content (AvgIpc) is 3.09.